The van der Waals surface area contributed by atoms with Crippen LogP contribution in [0.2, 0.25) is 0 Å². The molecule has 0 amide bonds. The molecule has 0 spiro atoms. The Morgan fingerprint density at radius 2 is 1.83 bits per heavy atom. The van der Waals surface area contributed by atoms with Crippen molar-refractivity contribution in [3.63, 3.8) is 0 Å². The SMILES string of the molecule is CCCC(C)C(NC)c1ccc(OC)c(OC)c1. The van der Waals surface area contributed by atoms with Crippen molar-refractivity contribution in [2.24, 2.45) is 5.92 Å². The zero-order valence-corrected chi connectivity index (χ0v) is 12.1. The molecule has 0 bridgehead atoms. The third-order valence-electron chi connectivity index (χ3n) is 3.39. The lowest BCUT2D eigenvalue weighted by molar-refractivity contribution is 0.350. The number of ether oxygens (including phenoxy) is 2. The maximum Gasteiger partial charge on any atom is 0.161 e. The molecule has 1 N–H and O–H groups in total. The van der Waals surface area contributed by atoms with Gasteiger partial charge in [-0.15, -0.1) is 0 Å². The molecule has 1 rings (SSSR count). The monoisotopic (exact) mass is 251 g/mol. The smallest absolute Gasteiger partial charge is 0.161 e. The molecule has 0 aliphatic rings. The van der Waals surface area contributed by atoms with E-state index in [-0.39, 0.29) is 0 Å². The van der Waals surface area contributed by atoms with Crippen molar-refractivity contribution in [2.45, 2.75) is 32.7 Å². The Hall–Kier alpha value is -1.22. The average molecular weight is 251 g/mol. The summed E-state index contributed by atoms with van der Waals surface area (Å²) < 4.78 is 10.6. The summed E-state index contributed by atoms with van der Waals surface area (Å²) in [7, 11) is 5.34. The molecule has 1 aromatic rings. The van der Waals surface area contributed by atoms with Crippen LogP contribution in [0, 0.1) is 5.92 Å². The Labute approximate surface area is 110 Å². The summed E-state index contributed by atoms with van der Waals surface area (Å²) in [6, 6.07) is 6.49. The molecule has 0 aliphatic heterocycles. The van der Waals surface area contributed by atoms with Crippen LogP contribution in [0.3, 0.4) is 0 Å². The van der Waals surface area contributed by atoms with Crippen molar-refractivity contribution in [1.29, 1.82) is 0 Å². The molecule has 0 radical (unpaired) electrons. The predicted molar refractivity (Wildman–Crippen MR) is 75.4 cm³/mol. The van der Waals surface area contributed by atoms with Crippen molar-refractivity contribution < 1.29 is 9.47 Å². The highest BCUT2D eigenvalue weighted by Crippen LogP contribution is 2.33. The third-order valence-corrected chi connectivity index (χ3v) is 3.39. The van der Waals surface area contributed by atoms with Gasteiger partial charge in [-0.2, -0.15) is 0 Å². The minimum Gasteiger partial charge on any atom is -0.493 e. The van der Waals surface area contributed by atoms with E-state index in [1.165, 1.54) is 18.4 Å². The highest BCUT2D eigenvalue weighted by atomic mass is 16.5. The maximum atomic E-state index is 5.36. The molecule has 3 nitrogen and oxygen atoms in total. The van der Waals surface area contributed by atoms with Gasteiger partial charge in [0.05, 0.1) is 14.2 Å². The highest BCUT2D eigenvalue weighted by molar-refractivity contribution is 5.43. The average Bonchev–Trinajstić information content (AvgIpc) is 2.39. The lowest BCUT2D eigenvalue weighted by Gasteiger charge is -2.24. The molecule has 0 saturated heterocycles. The Morgan fingerprint density at radius 3 is 2.33 bits per heavy atom. The Kier molecular flexibility index (Phi) is 5.99. The number of hydrogen-bond donors (Lipinski definition) is 1. The second-order valence-electron chi connectivity index (χ2n) is 4.65. The molecule has 1 aromatic carbocycles. The van der Waals surface area contributed by atoms with Crippen molar-refractivity contribution in [3.8, 4) is 11.5 Å². The standard InChI is InChI=1S/C15H25NO2/c1-6-7-11(2)15(16-3)12-8-9-13(17-4)14(10-12)18-5/h8-11,15-16H,6-7H2,1-5H3. The van der Waals surface area contributed by atoms with Gasteiger partial charge in [0.1, 0.15) is 0 Å². The van der Waals surface area contributed by atoms with Crippen molar-refractivity contribution in [3.05, 3.63) is 23.8 Å². The largest absolute Gasteiger partial charge is 0.493 e. The molecular formula is C15H25NO2. The quantitative estimate of drug-likeness (QED) is 0.805. The fraction of sp³-hybridized carbons (Fsp3) is 0.600. The van der Waals surface area contributed by atoms with Gasteiger partial charge in [0.15, 0.2) is 11.5 Å². The molecule has 2 unspecified atom stereocenters. The summed E-state index contributed by atoms with van der Waals surface area (Å²) in [6.45, 7) is 4.50. The van der Waals surface area contributed by atoms with E-state index in [0.717, 1.165) is 11.5 Å². The van der Waals surface area contributed by atoms with Crippen LogP contribution in [0.4, 0.5) is 0 Å². The molecule has 102 valence electrons. The van der Waals surface area contributed by atoms with Gasteiger partial charge in [0, 0.05) is 6.04 Å². The van der Waals surface area contributed by atoms with E-state index in [1.54, 1.807) is 14.2 Å². The minimum absolute atomic E-state index is 0.352. The van der Waals surface area contributed by atoms with Crippen molar-refractivity contribution in [1.82, 2.24) is 5.32 Å². The Morgan fingerprint density at radius 1 is 1.17 bits per heavy atom. The first-order chi connectivity index (χ1) is 8.67. The van der Waals surface area contributed by atoms with Crippen LogP contribution >= 0.6 is 0 Å². The van der Waals surface area contributed by atoms with Gasteiger partial charge >= 0.3 is 0 Å². The molecule has 0 aromatic heterocycles. The summed E-state index contributed by atoms with van der Waals surface area (Å²) in [5.41, 5.74) is 1.25. The summed E-state index contributed by atoms with van der Waals surface area (Å²) in [6.07, 6.45) is 2.41. The molecule has 3 heteroatoms. The summed E-state index contributed by atoms with van der Waals surface area (Å²) in [5.74, 6) is 2.16. The van der Waals surface area contributed by atoms with Gasteiger partial charge in [0.25, 0.3) is 0 Å². The van der Waals surface area contributed by atoms with Crippen LogP contribution < -0.4 is 14.8 Å². The number of nitrogens with one attached hydrogen (secondary N) is 1. The lowest BCUT2D eigenvalue weighted by atomic mass is 9.91. The van der Waals surface area contributed by atoms with E-state index in [2.05, 4.69) is 31.3 Å². The zero-order valence-electron chi connectivity index (χ0n) is 12.1. The molecule has 0 heterocycles. The predicted octanol–water partition coefficient (Wildman–Crippen LogP) is 3.40. The van der Waals surface area contributed by atoms with Gasteiger partial charge in [-0.3, -0.25) is 0 Å². The van der Waals surface area contributed by atoms with Crippen LogP contribution in [-0.4, -0.2) is 21.3 Å². The molecular weight excluding hydrogens is 226 g/mol. The van der Waals surface area contributed by atoms with Gasteiger partial charge in [0.2, 0.25) is 0 Å². The van der Waals surface area contributed by atoms with Crippen LogP contribution in [-0.2, 0) is 0 Å². The second-order valence-corrected chi connectivity index (χ2v) is 4.65. The zero-order chi connectivity index (χ0) is 13.5. The van der Waals surface area contributed by atoms with E-state index in [9.17, 15) is 0 Å². The third kappa shape index (κ3) is 3.39. The van der Waals surface area contributed by atoms with Crippen molar-refractivity contribution >= 4 is 0 Å². The van der Waals surface area contributed by atoms with E-state index in [4.69, 9.17) is 9.47 Å². The maximum absolute atomic E-state index is 5.36. The summed E-state index contributed by atoms with van der Waals surface area (Å²) in [4.78, 5) is 0. The fourth-order valence-electron chi connectivity index (χ4n) is 2.45. The number of methoxy groups -OCH3 is 2. The topological polar surface area (TPSA) is 30.5 Å². The molecule has 18 heavy (non-hydrogen) atoms. The van der Waals surface area contributed by atoms with E-state index < -0.39 is 0 Å². The van der Waals surface area contributed by atoms with E-state index in [1.807, 2.05) is 13.1 Å². The summed E-state index contributed by atoms with van der Waals surface area (Å²) in [5, 5.41) is 3.40. The van der Waals surface area contributed by atoms with Crippen LogP contribution in [0.25, 0.3) is 0 Å². The first kappa shape index (κ1) is 14.8. The van der Waals surface area contributed by atoms with E-state index in [0.29, 0.717) is 12.0 Å². The molecule has 0 fully saturated rings. The fourth-order valence-corrected chi connectivity index (χ4v) is 2.45. The van der Waals surface area contributed by atoms with Gasteiger partial charge in [-0.25, -0.2) is 0 Å². The number of hydrogen-bond acceptors (Lipinski definition) is 3. The minimum atomic E-state index is 0.352. The normalized spacial score (nSPS) is 14.1. The molecule has 0 saturated carbocycles. The van der Waals surface area contributed by atoms with Crippen LogP contribution in [0.1, 0.15) is 38.3 Å². The van der Waals surface area contributed by atoms with Crippen LogP contribution in [0.15, 0.2) is 18.2 Å². The lowest BCUT2D eigenvalue weighted by Crippen LogP contribution is -2.23. The second kappa shape index (κ2) is 7.27. The highest BCUT2D eigenvalue weighted by Gasteiger charge is 2.18. The van der Waals surface area contributed by atoms with Crippen LogP contribution in [0.5, 0.6) is 11.5 Å². The number of benzene rings is 1. The first-order valence-electron chi connectivity index (χ1n) is 6.57. The van der Waals surface area contributed by atoms with Crippen molar-refractivity contribution in [2.75, 3.05) is 21.3 Å². The van der Waals surface area contributed by atoms with Gasteiger partial charge in [-0.05, 0) is 37.1 Å². The van der Waals surface area contributed by atoms with Gasteiger partial charge in [-0.1, -0.05) is 26.3 Å². The first-order valence-corrected chi connectivity index (χ1v) is 6.57. The van der Waals surface area contributed by atoms with E-state index >= 15 is 0 Å². The molecule has 2 atom stereocenters. The summed E-state index contributed by atoms with van der Waals surface area (Å²) >= 11 is 0. The number of rotatable bonds is 7. The Bertz CT molecular complexity index is 366. The molecule has 0 aliphatic carbocycles. The Balaban J connectivity index is 2.99. The van der Waals surface area contributed by atoms with Gasteiger partial charge < -0.3 is 14.8 Å².